The lowest BCUT2D eigenvalue weighted by Gasteiger charge is -2.05. The van der Waals surface area contributed by atoms with Crippen LogP contribution in [0.4, 0.5) is 14.7 Å². The van der Waals surface area contributed by atoms with Gasteiger partial charge in [0.15, 0.2) is 0 Å². The van der Waals surface area contributed by atoms with E-state index in [4.69, 9.17) is 10.5 Å². The van der Waals surface area contributed by atoms with E-state index in [1.165, 1.54) is 6.07 Å². The lowest BCUT2D eigenvalue weighted by molar-refractivity contribution is 0.308. The molecule has 0 atom stereocenters. The van der Waals surface area contributed by atoms with Crippen molar-refractivity contribution >= 4 is 17.7 Å². The Morgan fingerprint density at radius 3 is 2.74 bits per heavy atom. The fourth-order valence-electron chi connectivity index (χ4n) is 1.25. The van der Waals surface area contributed by atoms with Crippen molar-refractivity contribution in [2.24, 2.45) is 0 Å². The minimum Gasteiger partial charge on any atom is -0.464 e. The molecule has 1 aromatic carbocycles. The summed E-state index contributed by atoms with van der Waals surface area (Å²) in [7, 11) is 0. The molecule has 0 saturated carbocycles. The summed E-state index contributed by atoms with van der Waals surface area (Å²) in [4.78, 5) is 11.8. The van der Waals surface area contributed by atoms with Crippen LogP contribution in [-0.4, -0.2) is 21.6 Å². The van der Waals surface area contributed by atoms with E-state index in [1.807, 2.05) is 0 Å². The SMILES string of the molecule is CCOc1nc(N)nc(Sc2ccc(F)cc2F)n1. The fraction of sp³-hybridized carbons (Fsp3) is 0.182. The van der Waals surface area contributed by atoms with Gasteiger partial charge in [-0.1, -0.05) is 0 Å². The number of rotatable bonds is 4. The van der Waals surface area contributed by atoms with Crippen LogP contribution in [0.15, 0.2) is 28.3 Å². The van der Waals surface area contributed by atoms with Gasteiger partial charge in [0.2, 0.25) is 11.1 Å². The Morgan fingerprint density at radius 2 is 2.05 bits per heavy atom. The van der Waals surface area contributed by atoms with Gasteiger partial charge in [0.1, 0.15) is 11.6 Å². The summed E-state index contributed by atoms with van der Waals surface area (Å²) < 4.78 is 31.4. The van der Waals surface area contributed by atoms with Gasteiger partial charge in [-0.3, -0.25) is 0 Å². The normalized spacial score (nSPS) is 10.5. The molecule has 1 heterocycles. The molecule has 8 heteroatoms. The van der Waals surface area contributed by atoms with Gasteiger partial charge in [0, 0.05) is 6.07 Å². The molecule has 5 nitrogen and oxygen atoms in total. The molecule has 0 spiro atoms. The third kappa shape index (κ3) is 3.50. The van der Waals surface area contributed by atoms with Crippen molar-refractivity contribution in [2.75, 3.05) is 12.3 Å². The zero-order valence-electron chi connectivity index (χ0n) is 9.93. The van der Waals surface area contributed by atoms with E-state index in [0.717, 1.165) is 23.9 Å². The first kappa shape index (κ1) is 13.5. The molecule has 0 radical (unpaired) electrons. The average Bonchev–Trinajstić information content (AvgIpc) is 2.32. The number of anilines is 1. The number of hydrogen-bond donors (Lipinski definition) is 1. The number of ether oxygens (including phenoxy) is 1. The van der Waals surface area contributed by atoms with Gasteiger partial charge in [0.05, 0.1) is 11.5 Å². The first-order chi connectivity index (χ1) is 9.08. The molecule has 0 unspecified atom stereocenters. The zero-order chi connectivity index (χ0) is 13.8. The molecule has 0 fully saturated rings. The monoisotopic (exact) mass is 284 g/mol. The van der Waals surface area contributed by atoms with Crippen molar-refractivity contribution in [1.82, 2.24) is 15.0 Å². The highest BCUT2D eigenvalue weighted by molar-refractivity contribution is 7.99. The van der Waals surface area contributed by atoms with Crippen LogP contribution in [-0.2, 0) is 0 Å². The van der Waals surface area contributed by atoms with Gasteiger partial charge >= 0.3 is 6.01 Å². The van der Waals surface area contributed by atoms with Gasteiger partial charge in [-0.25, -0.2) is 8.78 Å². The summed E-state index contributed by atoms with van der Waals surface area (Å²) in [6.45, 7) is 2.14. The molecule has 1 aromatic heterocycles. The first-order valence-corrected chi connectivity index (χ1v) is 6.17. The summed E-state index contributed by atoms with van der Waals surface area (Å²) in [6.07, 6.45) is 0. The molecule has 19 heavy (non-hydrogen) atoms. The smallest absolute Gasteiger partial charge is 0.322 e. The molecule has 0 aliphatic rings. The van der Waals surface area contributed by atoms with Crippen molar-refractivity contribution < 1.29 is 13.5 Å². The summed E-state index contributed by atoms with van der Waals surface area (Å²) >= 11 is 0.913. The molecular formula is C11H10F2N4OS. The van der Waals surface area contributed by atoms with Gasteiger partial charge in [-0.2, -0.15) is 15.0 Å². The average molecular weight is 284 g/mol. The molecule has 0 saturated heterocycles. The molecule has 0 bridgehead atoms. The van der Waals surface area contributed by atoms with Crippen molar-refractivity contribution in [2.45, 2.75) is 17.0 Å². The van der Waals surface area contributed by atoms with Crippen LogP contribution in [0.25, 0.3) is 0 Å². The van der Waals surface area contributed by atoms with Crippen LogP contribution in [0.3, 0.4) is 0 Å². The molecule has 2 rings (SSSR count). The summed E-state index contributed by atoms with van der Waals surface area (Å²) in [6, 6.07) is 3.31. The Labute approximate surface area is 112 Å². The van der Waals surface area contributed by atoms with Crippen LogP contribution in [0, 0.1) is 11.6 Å². The topological polar surface area (TPSA) is 73.9 Å². The quantitative estimate of drug-likeness (QED) is 0.928. The fourth-order valence-corrected chi connectivity index (χ4v) is 2.00. The minimum atomic E-state index is -0.693. The number of nitrogens with two attached hydrogens (primary N) is 1. The maximum Gasteiger partial charge on any atom is 0.322 e. The summed E-state index contributed by atoms with van der Waals surface area (Å²) in [5.74, 6) is -1.36. The molecule has 0 aliphatic carbocycles. The summed E-state index contributed by atoms with van der Waals surface area (Å²) in [5, 5.41) is 0.182. The second-order valence-electron chi connectivity index (χ2n) is 3.37. The van der Waals surface area contributed by atoms with E-state index in [2.05, 4.69) is 15.0 Å². The van der Waals surface area contributed by atoms with Crippen molar-refractivity contribution in [3.8, 4) is 6.01 Å². The highest BCUT2D eigenvalue weighted by Crippen LogP contribution is 2.28. The van der Waals surface area contributed by atoms with Crippen LogP contribution in [0.1, 0.15) is 6.92 Å². The van der Waals surface area contributed by atoms with Crippen LogP contribution < -0.4 is 10.5 Å². The molecular weight excluding hydrogens is 274 g/mol. The van der Waals surface area contributed by atoms with Gasteiger partial charge < -0.3 is 10.5 Å². The van der Waals surface area contributed by atoms with E-state index < -0.39 is 11.6 Å². The zero-order valence-corrected chi connectivity index (χ0v) is 10.7. The van der Waals surface area contributed by atoms with E-state index in [1.54, 1.807) is 6.92 Å². The number of nitrogen functional groups attached to an aromatic ring is 1. The number of nitrogens with zero attached hydrogens (tertiary/aromatic N) is 3. The van der Waals surface area contributed by atoms with E-state index in [0.29, 0.717) is 6.61 Å². The highest BCUT2D eigenvalue weighted by atomic mass is 32.2. The first-order valence-electron chi connectivity index (χ1n) is 5.35. The Kier molecular flexibility index (Phi) is 4.10. The second-order valence-corrected chi connectivity index (χ2v) is 4.38. The van der Waals surface area contributed by atoms with Crippen LogP contribution >= 0.6 is 11.8 Å². The van der Waals surface area contributed by atoms with Crippen molar-refractivity contribution in [1.29, 1.82) is 0 Å². The minimum absolute atomic E-state index is 0.0246. The van der Waals surface area contributed by atoms with E-state index in [9.17, 15) is 8.78 Å². The Balaban J connectivity index is 2.27. The number of hydrogen-bond acceptors (Lipinski definition) is 6. The van der Waals surface area contributed by atoms with E-state index >= 15 is 0 Å². The molecule has 100 valence electrons. The van der Waals surface area contributed by atoms with Gasteiger partial charge in [-0.05, 0) is 30.8 Å². The number of aromatic nitrogens is 3. The predicted octanol–water partition coefficient (Wildman–Crippen LogP) is 2.28. The number of halogens is 2. The van der Waals surface area contributed by atoms with Crippen LogP contribution in [0.2, 0.25) is 0 Å². The van der Waals surface area contributed by atoms with Gasteiger partial charge in [0.25, 0.3) is 0 Å². The van der Waals surface area contributed by atoms with Crippen molar-refractivity contribution in [3.05, 3.63) is 29.8 Å². The largest absolute Gasteiger partial charge is 0.464 e. The predicted molar refractivity (Wildman–Crippen MR) is 65.9 cm³/mol. The highest BCUT2D eigenvalue weighted by Gasteiger charge is 2.10. The Bertz CT molecular complexity index is 597. The molecule has 2 aromatic rings. The lowest BCUT2D eigenvalue weighted by atomic mass is 10.3. The maximum atomic E-state index is 13.5. The second kappa shape index (κ2) is 5.79. The standard InChI is InChI=1S/C11H10F2N4OS/c1-2-18-10-15-9(14)16-11(17-10)19-8-4-3-6(12)5-7(8)13/h3-5H,2H2,1H3,(H2,14,15,16,17). The lowest BCUT2D eigenvalue weighted by Crippen LogP contribution is -2.04. The van der Waals surface area contributed by atoms with E-state index in [-0.39, 0.29) is 22.0 Å². The maximum absolute atomic E-state index is 13.5. The number of benzene rings is 1. The Morgan fingerprint density at radius 1 is 1.26 bits per heavy atom. The summed E-state index contributed by atoms with van der Waals surface area (Å²) in [5.41, 5.74) is 5.50. The molecule has 0 amide bonds. The van der Waals surface area contributed by atoms with Gasteiger partial charge in [-0.15, -0.1) is 0 Å². The van der Waals surface area contributed by atoms with Crippen LogP contribution in [0.5, 0.6) is 6.01 Å². The molecule has 0 aliphatic heterocycles. The molecule has 2 N–H and O–H groups in total. The Hall–Kier alpha value is -1.96. The third-order valence-corrected chi connectivity index (χ3v) is 2.90. The van der Waals surface area contributed by atoms with Crippen molar-refractivity contribution in [3.63, 3.8) is 0 Å². The third-order valence-electron chi connectivity index (χ3n) is 1.98.